The molecule has 196 valence electrons. The number of fused-ring (bicyclic) bond motifs is 5. The van der Waals surface area contributed by atoms with Crippen molar-refractivity contribution in [2.75, 3.05) is 6.26 Å². The summed E-state index contributed by atoms with van der Waals surface area (Å²) in [5.74, 6) is 2.44. The molecule has 0 aromatic rings. The molecule has 0 aromatic heterocycles. The van der Waals surface area contributed by atoms with Crippen molar-refractivity contribution in [3.63, 3.8) is 0 Å². The van der Waals surface area contributed by atoms with Gasteiger partial charge in [0, 0.05) is 6.42 Å². The summed E-state index contributed by atoms with van der Waals surface area (Å²) in [7, 11) is -3.51. The summed E-state index contributed by atoms with van der Waals surface area (Å²) in [6, 6.07) is 0. The number of rotatable bonds is 6. The molecule has 0 radical (unpaired) electrons. The van der Waals surface area contributed by atoms with Crippen LogP contribution >= 0.6 is 0 Å². The minimum Gasteiger partial charge on any atom is -0.393 e. The molecule has 6 nitrogen and oxygen atoms in total. The van der Waals surface area contributed by atoms with Gasteiger partial charge >= 0.3 is 0 Å². The van der Waals surface area contributed by atoms with Crippen LogP contribution in [0.3, 0.4) is 0 Å². The fourth-order valence-corrected chi connectivity index (χ4v) is 10.3. The van der Waals surface area contributed by atoms with Crippen LogP contribution in [0.25, 0.3) is 0 Å². The number of aliphatic hydroxyl groups is 2. The molecule has 4 fully saturated rings. The zero-order chi connectivity index (χ0) is 25.1. The van der Waals surface area contributed by atoms with E-state index in [1.807, 2.05) is 0 Å². The molecular weight excluding hydrogens is 450 g/mol. The lowest BCUT2D eigenvalue weighted by Crippen LogP contribution is -2.62. The Morgan fingerprint density at radius 2 is 1.68 bits per heavy atom. The molecule has 4 rings (SSSR count). The minimum atomic E-state index is -3.51. The molecule has 2 unspecified atom stereocenters. The topological polar surface area (TPSA) is 104 Å². The van der Waals surface area contributed by atoms with E-state index < -0.39 is 15.9 Å². The van der Waals surface area contributed by atoms with Crippen molar-refractivity contribution in [1.82, 2.24) is 4.72 Å². The largest absolute Gasteiger partial charge is 0.393 e. The van der Waals surface area contributed by atoms with Crippen molar-refractivity contribution in [1.29, 1.82) is 0 Å². The van der Waals surface area contributed by atoms with Crippen LogP contribution < -0.4 is 4.72 Å². The number of amides is 1. The normalized spacial score (nSPS) is 47.3. The molecule has 0 aromatic carbocycles. The Labute approximate surface area is 206 Å². The second kappa shape index (κ2) is 9.33. The molecule has 0 bridgehead atoms. The lowest BCUT2D eigenvalue weighted by molar-refractivity contribution is -0.203. The number of carbonyl (C=O) groups is 1. The Bertz CT molecular complexity index is 876. The summed E-state index contributed by atoms with van der Waals surface area (Å²) in [6.07, 6.45) is 9.78. The number of sulfonamides is 1. The fourth-order valence-electron chi connectivity index (χ4n) is 9.75. The first-order valence-corrected chi connectivity index (χ1v) is 15.6. The van der Waals surface area contributed by atoms with E-state index in [-0.39, 0.29) is 35.4 Å². The third-order valence-corrected chi connectivity index (χ3v) is 11.9. The lowest BCUT2D eigenvalue weighted by atomic mass is 9.41. The van der Waals surface area contributed by atoms with Crippen molar-refractivity contribution in [2.24, 2.45) is 52.3 Å². The minimum absolute atomic E-state index is 0.157. The van der Waals surface area contributed by atoms with E-state index in [0.717, 1.165) is 57.6 Å². The van der Waals surface area contributed by atoms with Gasteiger partial charge in [0.15, 0.2) is 0 Å². The summed E-state index contributed by atoms with van der Waals surface area (Å²) in [5, 5.41) is 22.2. The van der Waals surface area contributed by atoms with Crippen LogP contribution in [0.4, 0.5) is 0 Å². The average Bonchev–Trinajstić information content (AvgIpc) is 3.09. The van der Waals surface area contributed by atoms with Gasteiger partial charge in [-0.1, -0.05) is 34.1 Å². The quantitative estimate of drug-likeness (QED) is 0.512. The zero-order valence-corrected chi connectivity index (χ0v) is 22.6. The Morgan fingerprint density at radius 1 is 1.03 bits per heavy atom. The Morgan fingerprint density at radius 3 is 2.32 bits per heavy atom. The highest BCUT2D eigenvalue weighted by Gasteiger charge is 2.64. The first kappa shape index (κ1) is 26.4. The number of nitrogens with one attached hydrogen (secondary N) is 1. The zero-order valence-electron chi connectivity index (χ0n) is 21.8. The van der Waals surface area contributed by atoms with Gasteiger partial charge in [-0.2, -0.15) is 0 Å². The highest BCUT2D eigenvalue weighted by Crippen LogP contribution is 2.69. The second-order valence-corrected chi connectivity index (χ2v) is 14.7. The average molecular weight is 498 g/mol. The highest BCUT2D eigenvalue weighted by molar-refractivity contribution is 7.89. The van der Waals surface area contributed by atoms with Crippen molar-refractivity contribution >= 4 is 15.9 Å². The summed E-state index contributed by atoms with van der Waals surface area (Å²) in [4.78, 5) is 12.1. The van der Waals surface area contributed by atoms with E-state index >= 15 is 0 Å². The van der Waals surface area contributed by atoms with Gasteiger partial charge in [0.1, 0.15) is 0 Å². The van der Waals surface area contributed by atoms with Gasteiger partial charge < -0.3 is 10.2 Å². The van der Waals surface area contributed by atoms with E-state index in [0.29, 0.717) is 41.9 Å². The standard InChI is InChI=1S/C27H47NO5S/c1-6-18-22-15-17(29)11-13-27(22,4)21-12-14-26(3)19(8-9-20(26)24(21)25(18)31)16(2)7-10-23(30)28-34(5,32)33/h16-22,24-25,29,31H,6-15H2,1-5H3,(H,28,30)/t16-,17-,18-,19-,20?,21?,22+,24+,25-,26-,27-/m1/s1. The summed E-state index contributed by atoms with van der Waals surface area (Å²) >= 11 is 0. The number of carbonyl (C=O) groups excluding carboxylic acids is 1. The third-order valence-electron chi connectivity index (χ3n) is 11.3. The van der Waals surface area contributed by atoms with Crippen LogP contribution in [-0.4, -0.2) is 43.0 Å². The van der Waals surface area contributed by atoms with Crippen LogP contribution in [0.2, 0.25) is 0 Å². The highest BCUT2D eigenvalue weighted by atomic mass is 32.2. The van der Waals surface area contributed by atoms with Crippen molar-refractivity contribution in [3.8, 4) is 0 Å². The molecule has 11 atom stereocenters. The molecule has 3 N–H and O–H groups in total. The van der Waals surface area contributed by atoms with Crippen LogP contribution in [0, 0.1) is 52.3 Å². The Hall–Kier alpha value is -0.660. The molecule has 4 saturated carbocycles. The van der Waals surface area contributed by atoms with Gasteiger partial charge in [-0.05, 0) is 104 Å². The van der Waals surface area contributed by atoms with E-state index in [2.05, 4.69) is 32.4 Å². The van der Waals surface area contributed by atoms with E-state index in [9.17, 15) is 23.4 Å². The maximum absolute atomic E-state index is 12.1. The Balaban J connectivity index is 1.52. The molecular formula is C27H47NO5S. The molecule has 0 spiro atoms. The lowest BCUT2D eigenvalue weighted by Gasteiger charge is -2.64. The molecule has 34 heavy (non-hydrogen) atoms. The van der Waals surface area contributed by atoms with Crippen molar-refractivity contribution < 1.29 is 23.4 Å². The monoisotopic (exact) mass is 497 g/mol. The van der Waals surface area contributed by atoms with Crippen LogP contribution in [0.5, 0.6) is 0 Å². The van der Waals surface area contributed by atoms with Gasteiger partial charge in [0.25, 0.3) is 0 Å². The molecule has 0 heterocycles. The summed E-state index contributed by atoms with van der Waals surface area (Å²) < 4.78 is 24.8. The van der Waals surface area contributed by atoms with Crippen LogP contribution in [0.1, 0.15) is 91.9 Å². The maximum Gasteiger partial charge on any atom is 0.233 e. The maximum atomic E-state index is 12.1. The van der Waals surface area contributed by atoms with Gasteiger partial charge in [0.2, 0.25) is 15.9 Å². The van der Waals surface area contributed by atoms with Gasteiger partial charge in [-0.25, -0.2) is 8.42 Å². The number of hydrogen-bond donors (Lipinski definition) is 3. The van der Waals surface area contributed by atoms with Gasteiger partial charge in [-0.3, -0.25) is 9.52 Å². The van der Waals surface area contributed by atoms with Gasteiger partial charge in [0.05, 0.1) is 18.5 Å². The fraction of sp³-hybridized carbons (Fsp3) is 0.963. The molecule has 7 heteroatoms. The summed E-state index contributed by atoms with van der Waals surface area (Å²) in [6.45, 7) is 9.34. The van der Waals surface area contributed by atoms with E-state index in [1.165, 1.54) is 0 Å². The molecule has 4 aliphatic rings. The van der Waals surface area contributed by atoms with Crippen molar-refractivity contribution in [3.05, 3.63) is 0 Å². The van der Waals surface area contributed by atoms with Crippen molar-refractivity contribution in [2.45, 2.75) is 104 Å². The first-order chi connectivity index (χ1) is 15.8. The predicted octanol–water partition coefficient (Wildman–Crippen LogP) is 4.11. The van der Waals surface area contributed by atoms with Gasteiger partial charge in [-0.15, -0.1) is 0 Å². The van der Waals surface area contributed by atoms with E-state index in [1.54, 1.807) is 0 Å². The predicted molar refractivity (Wildman–Crippen MR) is 133 cm³/mol. The van der Waals surface area contributed by atoms with Crippen LogP contribution in [-0.2, 0) is 14.8 Å². The second-order valence-electron chi connectivity index (χ2n) is 12.9. The van der Waals surface area contributed by atoms with E-state index in [4.69, 9.17) is 0 Å². The first-order valence-electron chi connectivity index (χ1n) is 13.7. The number of aliphatic hydroxyl groups excluding tert-OH is 2. The molecule has 1 amide bonds. The SMILES string of the molecule is CC[C@H]1[C@@H](O)[C@H]2C3CC[C@H]([C@H](C)CCC(=O)NS(C)(=O)=O)[C@@]3(C)CCC2[C@@]2(C)CC[C@@H](O)C[C@@H]12. The Kier molecular flexibility index (Phi) is 7.25. The molecule has 0 aliphatic heterocycles. The number of hydrogen-bond acceptors (Lipinski definition) is 5. The smallest absolute Gasteiger partial charge is 0.233 e. The molecule has 0 saturated heterocycles. The summed E-state index contributed by atoms with van der Waals surface area (Å²) in [5.41, 5.74) is 0.364. The third kappa shape index (κ3) is 4.47. The molecule has 4 aliphatic carbocycles. The van der Waals surface area contributed by atoms with Crippen LogP contribution in [0.15, 0.2) is 0 Å².